The van der Waals surface area contributed by atoms with Gasteiger partial charge in [-0.3, -0.25) is 0 Å². The lowest BCUT2D eigenvalue weighted by atomic mass is 9.47. The van der Waals surface area contributed by atoms with Crippen LogP contribution in [-0.4, -0.2) is 12.3 Å². The van der Waals surface area contributed by atoms with Crippen molar-refractivity contribution in [2.24, 2.45) is 46.3 Å². The van der Waals surface area contributed by atoms with Crippen LogP contribution in [0.1, 0.15) is 105 Å². The molecule has 0 aromatic heterocycles. The van der Waals surface area contributed by atoms with Crippen LogP contribution < -0.4 is 4.74 Å². The van der Waals surface area contributed by atoms with Crippen LogP contribution in [0.5, 0.6) is 5.75 Å². The number of carbonyl (C=O) groups is 1. The molecule has 4 aliphatic rings. The maximum atomic E-state index is 13.9. The van der Waals surface area contributed by atoms with Gasteiger partial charge in [0.2, 0.25) is 0 Å². The second-order valence-electron chi connectivity index (χ2n) is 14.1. The molecule has 38 heavy (non-hydrogen) atoms. The van der Waals surface area contributed by atoms with Crippen molar-refractivity contribution in [3.8, 4) is 5.75 Å². The zero-order chi connectivity index (χ0) is 27.1. The summed E-state index contributed by atoms with van der Waals surface area (Å²) in [5.41, 5.74) is 2.19. The maximum absolute atomic E-state index is 13.9. The van der Waals surface area contributed by atoms with Crippen molar-refractivity contribution in [2.45, 2.75) is 111 Å². The van der Waals surface area contributed by atoms with Gasteiger partial charge in [0.1, 0.15) is 6.10 Å². The molecular weight excluding hydrogens is 475 g/mol. The molecule has 3 fully saturated rings. The van der Waals surface area contributed by atoms with Gasteiger partial charge in [-0.15, -0.1) is 0 Å². The Morgan fingerprint density at radius 1 is 1.03 bits per heavy atom. The zero-order valence-corrected chi connectivity index (χ0v) is 24.3. The maximum Gasteiger partial charge on any atom is 0.514 e. The van der Waals surface area contributed by atoms with Gasteiger partial charge >= 0.3 is 6.16 Å². The second-order valence-corrected chi connectivity index (χ2v) is 14.1. The van der Waals surface area contributed by atoms with E-state index in [1.165, 1.54) is 69.1 Å². The van der Waals surface area contributed by atoms with Crippen molar-refractivity contribution in [1.29, 1.82) is 0 Å². The van der Waals surface area contributed by atoms with Crippen molar-refractivity contribution >= 4 is 6.16 Å². The van der Waals surface area contributed by atoms with E-state index in [0.717, 1.165) is 54.8 Å². The van der Waals surface area contributed by atoms with E-state index in [-0.39, 0.29) is 17.3 Å². The lowest BCUT2D eigenvalue weighted by Gasteiger charge is -2.58. The smallest absolute Gasteiger partial charge is 0.430 e. The third-order valence-corrected chi connectivity index (χ3v) is 11.6. The summed E-state index contributed by atoms with van der Waals surface area (Å²) in [7, 11) is 0. The zero-order valence-electron chi connectivity index (χ0n) is 24.3. The Bertz CT molecular complexity index is 1030. The van der Waals surface area contributed by atoms with E-state index in [0.29, 0.717) is 5.41 Å². The normalized spacial score (nSPS) is 37.0. The lowest BCUT2D eigenvalue weighted by molar-refractivity contribution is -0.0597. The first kappa shape index (κ1) is 27.7. The summed E-state index contributed by atoms with van der Waals surface area (Å²) >= 11 is 0. The molecule has 3 nitrogen and oxygen atoms in total. The van der Waals surface area contributed by atoms with Gasteiger partial charge in [0, 0.05) is 6.42 Å². The molecule has 0 radical (unpaired) electrons. The summed E-state index contributed by atoms with van der Waals surface area (Å²) in [6, 6.07) is 5.96. The Morgan fingerprint density at radius 3 is 2.58 bits per heavy atom. The average molecular weight is 525 g/mol. The predicted molar refractivity (Wildman–Crippen MR) is 150 cm³/mol. The van der Waals surface area contributed by atoms with Crippen LogP contribution in [0.15, 0.2) is 35.9 Å². The SMILES string of the molecule is CC(C)CCC[C@@H](C)[C@H]1CC[C@H]2[C@@H]3CC=C4C[C@@H](OC(=O)Oc5ccccc5F)CC[C@]4(C)[C@H]3CC[C@]12C. The van der Waals surface area contributed by atoms with Gasteiger partial charge in [-0.05, 0) is 103 Å². The lowest BCUT2D eigenvalue weighted by Crippen LogP contribution is -2.51. The third kappa shape index (κ3) is 5.18. The Kier molecular flexibility index (Phi) is 8.00. The molecular formula is C34H49FO3. The molecule has 0 amide bonds. The molecule has 3 saturated carbocycles. The average Bonchev–Trinajstić information content (AvgIpc) is 3.23. The minimum atomic E-state index is -0.800. The van der Waals surface area contributed by atoms with E-state index >= 15 is 0 Å². The van der Waals surface area contributed by atoms with Crippen LogP contribution in [0.2, 0.25) is 0 Å². The Hall–Kier alpha value is -1.84. The first-order chi connectivity index (χ1) is 18.1. The Morgan fingerprint density at radius 2 is 1.82 bits per heavy atom. The van der Waals surface area contributed by atoms with Gasteiger partial charge in [0.05, 0.1) is 0 Å². The molecule has 0 unspecified atom stereocenters. The van der Waals surface area contributed by atoms with E-state index < -0.39 is 12.0 Å². The van der Waals surface area contributed by atoms with Crippen molar-refractivity contribution in [3.63, 3.8) is 0 Å². The highest BCUT2D eigenvalue weighted by atomic mass is 19.1. The summed E-state index contributed by atoms with van der Waals surface area (Å²) < 4.78 is 24.7. The standard InChI is InChI=1S/C34H49FO3/c1-22(2)9-8-10-23(3)27-15-16-28-26-14-13-24-21-25(37-32(36)38-31-12-7-6-11-30(31)35)17-19-33(24,4)29(26)18-20-34(27,28)5/h6-7,11-13,22-23,25-29H,8-10,14-21H2,1-5H3/t23-,25+,26+,27-,28+,29+,33+,34-/m1/s1. The minimum Gasteiger partial charge on any atom is -0.430 e. The number of hydrogen-bond acceptors (Lipinski definition) is 3. The van der Waals surface area contributed by atoms with Crippen LogP contribution in [0.4, 0.5) is 9.18 Å². The number of benzene rings is 1. The van der Waals surface area contributed by atoms with Crippen LogP contribution in [0.25, 0.3) is 0 Å². The second kappa shape index (κ2) is 11.0. The first-order valence-electron chi connectivity index (χ1n) is 15.4. The number of allylic oxidation sites excluding steroid dienone is 1. The molecule has 4 heteroatoms. The van der Waals surface area contributed by atoms with E-state index in [1.54, 1.807) is 12.1 Å². The molecule has 1 aromatic rings. The predicted octanol–water partition coefficient (Wildman–Crippen LogP) is 9.75. The van der Waals surface area contributed by atoms with E-state index in [1.807, 2.05) is 0 Å². The molecule has 1 aromatic carbocycles. The topological polar surface area (TPSA) is 35.5 Å². The van der Waals surface area contributed by atoms with Gasteiger partial charge in [0.25, 0.3) is 0 Å². The van der Waals surface area contributed by atoms with Gasteiger partial charge < -0.3 is 9.47 Å². The quantitative estimate of drug-likeness (QED) is 0.202. The highest BCUT2D eigenvalue weighted by Gasteiger charge is 2.59. The van der Waals surface area contributed by atoms with Crippen LogP contribution in [0.3, 0.4) is 0 Å². The molecule has 0 N–H and O–H groups in total. The Balaban J connectivity index is 1.22. The molecule has 0 bridgehead atoms. The van der Waals surface area contributed by atoms with Crippen LogP contribution in [0, 0.1) is 52.2 Å². The molecule has 8 atom stereocenters. The minimum absolute atomic E-state index is 0.0766. The summed E-state index contributed by atoms with van der Waals surface area (Å²) in [4.78, 5) is 12.4. The van der Waals surface area contributed by atoms with Gasteiger partial charge in [-0.1, -0.05) is 77.7 Å². The highest BCUT2D eigenvalue weighted by molar-refractivity contribution is 5.64. The van der Waals surface area contributed by atoms with Crippen molar-refractivity contribution in [1.82, 2.24) is 0 Å². The first-order valence-corrected chi connectivity index (χ1v) is 15.4. The van der Waals surface area contributed by atoms with Gasteiger partial charge in [-0.25, -0.2) is 9.18 Å². The summed E-state index contributed by atoms with van der Waals surface area (Å²) in [5.74, 6) is 4.27. The summed E-state index contributed by atoms with van der Waals surface area (Å²) in [6.07, 6.45) is 15.0. The highest BCUT2D eigenvalue weighted by Crippen LogP contribution is 2.67. The van der Waals surface area contributed by atoms with Crippen LogP contribution >= 0.6 is 0 Å². The number of para-hydroxylation sites is 1. The number of halogens is 1. The van der Waals surface area contributed by atoms with Gasteiger partial charge in [0.15, 0.2) is 11.6 Å². The number of fused-ring (bicyclic) bond motifs is 5. The molecule has 4 aliphatic carbocycles. The summed E-state index contributed by atoms with van der Waals surface area (Å²) in [6.45, 7) is 12.4. The Labute approximate surface area is 229 Å². The molecule has 210 valence electrons. The van der Waals surface area contributed by atoms with Crippen LogP contribution in [-0.2, 0) is 4.74 Å². The number of rotatable bonds is 7. The largest absolute Gasteiger partial charge is 0.514 e. The number of carbonyl (C=O) groups excluding carboxylic acids is 1. The molecule has 0 spiro atoms. The fraction of sp³-hybridized carbons (Fsp3) is 0.735. The molecule has 0 saturated heterocycles. The molecule has 5 rings (SSSR count). The monoisotopic (exact) mass is 524 g/mol. The van der Waals surface area contributed by atoms with Crippen molar-refractivity contribution < 1.29 is 18.7 Å². The van der Waals surface area contributed by atoms with E-state index in [4.69, 9.17) is 9.47 Å². The fourth-order valence-electron chi connectivity index (χ4n) is 9.53. The molecule has 0 heterocycles. The van der Waals surface area contributed by atoms with Gasteiger partial charge in [-0.2, -0.15) is 0 Å². The third-order valence-electron chi connectivity index (χ3n) is 11.6. The van der Waals surface area contributed by atoms with Crippen molar-refractivity contribution in [3.05, 3.63) is 41.7 Å². The number of hydrogen-bond donors (Lipinski definition) is 0. The number of ether oxygens (including phenoxy) is 2. The fourth-order valence-corrected chi connectivity index (χ4v) is 9.53. The molecule has 0 aliphatic heterocycles. The van der Waals surface area contributed by atoms with E-state index in [2.05, 4.69) is 40.7 Å². The van der Waals surface area contributed by atoms with Crippen molar-refractivity contribution in [2.75, 3.05) is 0 Å². The summed E-state index contributed by atoms with van der Waals surface area (Å²) in [5, 5.41) is 0. The van der Waals surface area contributed by atoms with E-state index in [9.17, 15) is 9.18 Å².